The molecule has 1 heterocycles. The molecular weight excluding hydrogens is 204 g/mol. The predicted octanol–water partition coefficient (Wildman–Crippen LogP) is 1.29. The zero-order valence-corrected chi connectivity index (χ0v) is 9.62. The van der Waals surface area contributed by atoms with Crippen molar-refractivity contribution in [2.75, 3.05) is 6.54 Å². The summed E-state index contributed by atoms with van der Waals surface area (Å²) >= 11 is 0. The molecule has 0 aliphatic heterocycles. The minimum Gasteiger partial charge on any atom is -0.349 e. The molecule has 5 nitrogen and oxygen atoms in total. The van der Waals surface area contributed by atoms with Gasteiger partial charge >= 0.3 is 0 Å². The number of nitrogens with one attached hydrogen (secondary N) is 2. The minimum absolute atomic E-state index is 0.162. The fourth-order valence-electron chi connectivity index (χ4n) is 1.76. The molecule has 0 saturated heterocycles. The molecule has 1 aromatic rings. The Balaban J connectivity index is 1.82. The Morgan fingerprint density at radius 2 is 2.38 bits per heavy atom. The van der Waals surface area contributed by atoms with Gasteiger partial charge in [0.25, 0.3) is 5.91 Å². The number of aromatic amines is 1. The first-order valence-electron chi connectivity index (χ1n) is 5.99. The molecule has 1 saturated carbocycles. The van der Waals surface area contributed by atoms with E-state index in [0.717, 1.165) is 25.2 Å². The standard InChI is InChI=1S/C11H18N4O/c1-2-4-9-13-10(15-14-9)11(16)12-7-8-5-3-6-8/h8H,2-7H2,1H3,(H,12,16)(H,13,14,15). The molecule has 0 spiro atoms. The third-order valence-electron chi connectivity index (χ3n) is 3.00. The van der Waals surface area contributed by atoms with Crippen molar-refractivity contribution < 1.29 is 4.79 Å². The first-order chi connectivity index (χ1) is 7.79. The molecule has 0 bridgehead atoms. The summed E-state index contributed by atoms with van der Waals surface area (Å²) in [6, 6.07) is 0. The van der Waals surface area contributed by atoms with E-state index in [9.17, 15) is 4.79 Å². The predicted molar refractivity (Wildman–Crippen MR) is 60.1 cm³/mol. The van der Waals surface area contributed by atoms with Crippen LogP contribution in [0.3, 0.4) is 0 Å². The van der Waals surface area contributed by atoms with Crippen molar-refractivity contribution in [1.29, 1.82) is 0 Å². The van der Waals surface area contributed by atoms with Crippen LogP contribution in [-0.2, 0) is 6.42 Å². The highest BCUT2D eigenvalue weighted by molar-refractivity contribution is 5.90. The number of aromatic nitrogens is 3. The van der Waals surface area contributed by atoms with E-state index in [-0.39, 0.29) is 11.7 Å². The second-order valence-electron chi connectivity index (χ2n) is 4.36. The maximum Gasteiger partial charge on any atom is 0.290 e. The van der Waals surface area contributed by atoms with Crippen LogP contribution >= 0.6 is 0 Å². The van der Waals surface area contributed by atoms with Crippen LogP contribution in [0.5, 0.6) is 0 Å². The Kier molecular flexibility index (Phi) is 3.54. The number of rotatable bonds is 5. The monoisotopic (exact) mass is 222 g/mol. The van der Waals surface area contributed by atoms with E-state index < -0.39 is 0 Å². The molecule has 1 aromatic heterocycles. The number of aryl methyl sites for hydroxylation is 1. The van der Waals surface area contributed by atoms with Gasteiger partial charge in [-0.3, -0.25) is 9.89 Å². The van der Waals surface area contributed by atoms with Crippen molar-refractivity contribution in [2.24, 2.45) is 5.92 Å². The molecule has 0 aromatic carbocycles. The lowest BCUT2D eigenvalue weighted by Gasteiger charge is -2.24. The van der Waals surface area contributed by atoms with Crippen LogP contribution in [0, 0.1) is 5.92 Å². The van der Waals surface area contributed by atoms with Gasteiger partial charge in [-0.25, -0.2) is 4.98 Å². The van der Waals surface area contributed by atoms with Crippen molar-refractivity contribution in [3.8, 4) is 0 Å². The smallest absolute Gasteiger partial charge is 0.290 e. The lowest BCUT2D eigenvalue weighted by molar-refractivity contribution is 0.0929. The molecule has 88 valence electrons. The molecule has 2 N–H and O–H groups in total. The minimum atomic E-state index is -0.162. The molecule has 2 rings (SSSR count). The summed E-state index contributed by atoms with van der Waals surface area (Å²) in [7, 11) is 0. The number of hydrogen-bond acceptors (Lipinski definition) is 3. The Hall–Kier alpha value is -1.39. The third-order valence-corrected chi connectivity index (χ3v) is 3.00. The quantitative estimate of drug-likeness (QED) is 0.788. The SMILES string of the molecule is CCCc1nc(C(=O)NCC2CCC2)n[nH]1. The van der Waals surface area contributed by atoms with Gasteiger partial charge in [0.05, 0.1) is 0 Å². The second kappa shape index (κ2) is 5.09. The Bertz CT molecular complexity index is 357. The summed E-state index contributed by atoms with van der Waals surface area (Å²) in [4.78, 5) is 15.8. The van der Waals surface area contributed by atoms with Gasteiger partial charge in [0.1, 0.15) is 5.82 Å². The van der Waals surface area contributed by atoms with Gasteiger partial charge in [0.15, 0.2) is 0 Å². The molecule has 0 atom stereocenters. The van der Waals surface area contributed by atoms with Crippen LogP contribution in [0.2, 0.25) is 0 Å². The second-order valence-corrected chi connectivity index (χ2v) is 4.36. The van der Waals surface area contributed by atoms with Crippen molar-refractivity contribution >= 4 is 5.91 Å². The van der Waals surface area contributed by atoms with Crippen LogP contribution in [0.25, 0.3) is 0 Å². The van der Waals surface area contributed by atoms with Crippen molar-refractivity contribution in [3.05, 3.63) is 11.6 Å². The zero-order chi connectivity index (χ0) is 11.4. The highest BCUT2D eigenvalue weighted by Crippen LogP contribution is 2.25. The summed E-state index contributed by atoms with van der Waals surface area (Å²) in [5, 5.41) is 9.56. The lowest BCUT2D eigenvalue weighted by atomic mass is 9.85. The van der Waals surface area contributed by atoms with E-state index in [1.54, 1.807) is 0 Å². The number of H-pyrrole nitrogens is 1. The first kappa shape index (κ1) is 11.1. The van der Waals surface area contributed by atoms with Crippen LogP contribution in [0.4, 0.5) is 0 Å². The van der Waals surface area contributed by atoms with E-state index in [1.165, 1.54) is 19.3 Å². The topological polar surface area (TPSA) is 70.7 Å². The van der Waals surface area contributed by atoms with Crippen LogP contribution in [0.1, 0.15) is 49.1 Å². The van der Waals surface area contributed by atoms with Crippen molar-refractivity contribution in [1.82, 2.24) is 20.5 Å². The van der Waals surface area contributed by atoms with Gasteiger partial charge in [-0.05, 0) is 25.2 Å². The summed E-state index contributed by atoms with van der Waals surface area (Å²) in [6.45, 7) is 2.83. The molecule has 16 heavy (non-hydrogen) atoms. The summed E-state index contributed by atoms with van der Waals surface area (Å²) in [5.41, 5.74) is 0. The average Bonchev–Trinajstić information content (AvgIpc) is 2.64. The average molecular weight is 222 g/mol. The Morgan fingerprint density at radius 1 is 1.56 bits per heavy atom. The molecule has 0 radical (unpaired) electrons. The number of carbonyl (C=O) groups is 1. The van der Waals surface area contributed by atoms with Crippen LogP contribution in [0.15, 0.2) is 0 Å². The molecule has 5 heteroatoms. The molecule has 0 unspecified atom stereocenters. The normalized spacial score (nSPS) is 15.8. The largest absolute Gasteiger partial charge is 0.349 e. The van der Waals surface area contributed by atoms with Gasteiger partial charge in [-0.2, -0.15) is 0 Å². The highest BCUT2D eigenvalue weighted by atomic mass is 16.2. The van der Waals surface area contributed by atoms with Crippen molar-refractivity contribution in [2.45, 2.75) is 39.0 Å². The van der Waals surface area contributed by atoms with Gasteiger partial charge in [-0.1, -0.05) is 13.3 Å². The van der Waals surface area contributed by atoms with Gasteiger partial charge < -0.3 is 5.32 Å². The summed E-state index contributed by atoms with van der Waals surface area (Å²) in [5.74, 6) is 1.56. The molecule has 1 aliphatic rings. The van der Waals surface area contributed by atoms with Crippen molar-refractivity contribution in [3.63, 3.8) is 0 Å². The van der Waals surface area contributed by atoms with Gasteiger partial charge in [0.2, 0.25) is 5.82 Å². The summed E-state index contributed by atoms with van der Waals surface area (Å²) in [6.07, 6.45) is 5.59. The van der Waals surface area contributed by atoms with E-state index in [2.05, 4.69) is 27.4 Å². The van der Waals surface area contributed by atoms with Crippen LogP contribution in [-0.4, -0.2) is 27.6 Å². The maximum absolute atomic E-state index is 11.7. The fourth-order valence-corrected chi connectivity index (χ4v) is 1.76. The van der Waals surface area contributed by atoms with Crippen LogP contribution < -0.4 is 5.32 Å². The molecule has 1 fully saturated rings. The number of nitrogens with zero attached hydrogens (tertiary/aromatic N) is 2. The highest BCUT2D eigenvalue weighted by Gasteiger charge is 2.19. The van der Waals surface area contributed by atoms with E-state index >= 15 is 0 Å². The first-order valence-corrected chi connectivity index (χ1v) is 5.99. The number of amides is 1. The summed E-state index contributed by atoms with van der Waals surface area (Å²) < 4.78 is 0. The van der Waals surface area contributed by atoms with E-state index in [4.69, 9.17) is 0 Å². The van der Waals surface area contributed by atoms with Gasteiger partial charge in [0, 0.05) is 13.0 Å². The number of hydrogen-bond donors (Lipinski definition) is 2. The maximum atomic E-state index is 11.7. The zero-order valence-electron chi connectivity index (χ0n) is 9.62. The lowest BCUT2D eigenvalue weighted by Crippen LogP contribution is -2.32. The molecule has 1 amide bonds. The third kappa shape index (κ3) is 2.59. The molecule has 1 aliphatic carbocycles. The van der Waals surface area contributed by atoms with E-state index in [1.807, 2.05) is 0 Å². The van der Waals surface area contributed by atoms with Gasteiger partial charge in [-0.15, -0.1) is 5.10 Å². The Labute approximate surface area is 95.0 Å². The fraction of sp³-hybridized carbons (Fsp3) is 0.727. The number of carbonyl (C=O) groups excluding carboxylic acids is 1. The van der Waals surface area contributed by atoms with E-state index in [0.29, 0.717) is 5.92 Å². The Morgan fingerprint density at radius 3 is 3.00 bits per heavy atom. The molecular formula is C11H18N4O.